The Labute approximate surface area is 215 Å². The second-order valence-corrected chi connectivity index (χ2v) is 10.4. The van der Waals surface area contributed by atoms with Crippen LogP contribution in [0.5, 0.6) is 0 Å². The number of halogens is 1. The average molecular weight is 510 g/mol. The van der Waals surface area contributed by atoms with Crippen molar-refractivity contribution < 1.29 is 18.5 Å². The molecule has 196 valence electrons. The van der Waals surface area contributed by atoms with E-state index in [1.165, 1.54) is 17.0 Å². The number of nitrogens with zero attached hydrogens (tertiary/aromatic N) is 3. The first-order valence-electron chi connectivity index (χ1n) is 12.0. The highest BCUT2D eigenvalue weighted by Crippen LogP contribution is 2.38. The summed E-state index contributed by atoms with van der Waals surface area (Å²) in [6.45, 7) is 11.9. The number of hydrogen-bond donors (Lipinski definition) is 4. The van der Waals surface area contributed by atoms with Crippen molar-refractivity contribution >= 4 is 40.8 Å². The van der Waals surface area contributed by atoms with Crippen molar-refractivity contribution in [2.75, 3.05) is 33.2 Å². The van der Waals surface area contributed by atoms with Crippen LogP contribution in [-0.2, 0) is 12.0 Å². The third-order valence-electron chi connectivity index (χ3n) is 6.15. The molecular weight excluding hydrogens is 477 g/mol. The van der Waals surface area contributed by atoms with Crippen LogP contribution < -0.4 is 26.2 Å². The number of anilines is 5. The molecule has 0 unspecified atom stereocenters. The summed E-state index contributed by atoms with van der Waals surface area (Å²) in [5.41, 5.74) is 3.80. The molecule has 3 aromatic rings. The lowest BCUT2D eigenvalue weighted by Crippen LogP contribution is -2.40. The molecule has 1 aromatic carbocycles. The van der Waals surface area contributed by atoms with Gasteiger partial charge in [0, 0.05) is 35.9 Å². The van der Waals surface area contributed by atoms with Crippen LogP contribution in [0, 0.1) is 12.7 Å². The minimum Gasteiger partial charge on any atom is -0.373 e. The van der Waals surface area contributed by atoms with Crippen LogP contribution in [0.4, 0.5) is 42.7 Å². The summed E-state index contributed by atoms with van der Waals surface area (Å²) in [4.78, 5) is 31.8. The highest BCUT2D eigenvalue weighted by Gasteiger charge is 2.30. The molecule has 0 fully saturated rings. The van der Waals surface area contributed by atoms with Crippen molar-refractivity contribution in [1.29, 1.82) is 0 Å². The number of rotatable bonds is 5. The van der Waals surface area contributed by atoms with Gasteiger partial charge in [-0.3, -0.25) is 10.2 Å². The van der Waals surface area contributed by atoms with Gasteiger partial charge in [0.2, 0.25) is 5.88 Å². The summed E-state index contributed by atoms with van der Waals surface area (Å²) < 4.78 is 20.0. The van der Waals surface area contributed by atoms with E-state index in [9.17, 15) is 14.0 Å². The maximum Gasteiger partial charge on any atom is 0.326 e. The monoisotopic (exact) mass is 509 g/mol. The first-order chi connectivity index (χ1) is 17.4. The summed E-state index contributed by atoms with van der Waals surface area (Å²) in [5.74, 6) is 0.336. The molecule has 0 bridgehead atoms. The molecule has 4 N–H and O–H groups in total. The highest BCUT2D eigenvalue weighted by atomic mass is 19.1. The van der Waals surface area contributed by atoms with Gasteiger partial charge in [0.25, 0.3) is 0 Å². The molecule has 0 atom stereocenters. The number of carbonyl (C=O) groups is 2. The lowest BCUT2D eigenvalue weighted by atomic mass is 9.92. The van der Waals surface area contributed by atoms with E-state index in [1.807, 2.05) is 34.6 Å². The molecule has 1 aliphatic rings. The summed E-state index contributed by atoms with van der Waals surface area (Å²) in [6.07, 6.45) is 1.72. The van der Waals surface area contributed by atoms with E-state index >= 15 is 0 Å². The van der Waals surface area contributed by atoms with Crippen LogP contribution in [0.1, 0.15) is 62.9 Å². The fourth-order valence-electron chi connectivity index (χ4n) is 4.21. The molecule has 3 heterocycles. The van der Waals surface area contributed by atoms with E-state index in [4.69, 9.17) is 4.52 Å². The third-order valence-corrected chi connectivity index (χ3v) is 6.15. The summed E-state index contributed by atoms with van der Waals surface area (Å²) >= 11 is 0. The predicted molar refractivity (Wildman–Crippen MR) is 142 cm³/mol. The van der Waals surface area contributed by atoms with Crippen LogP contribution >= 0.6 is 0 Å². The molecule has 4 amide bonds. The second kappa shape index (κ2) is 9.72. The number of nitrogens with one attached hydrogen (secondary N) is 4. The molecule has 0 aliphatic carbocycles. The Hall–Kier alpha value is -4.15. The van der Waals surface area contributed by atoms with Crippen molar-refractivity contribution in [2.24, 2.45) is 0 Å². The van der Waals surface area contributed by atoms with Crippen LogP contribution in [0.2, 0.25) is 0 Å². The van der Waals surface area contributed by atoms with Gasteiger partial charge in [-0.25, -0.2) is 19.0 Å². The first-order valence-corrected chi connectivity index (χ1v) is 12.0. The molecule has 1 aliphatic heterocycles. The number of aromatic nitrogens is 2. The van der Waals surface area contributed by atoms with E-state index in [2.05, 4.69) is 31.4 Å². The van der Waals surface area contributed by atoms with E-state index in [-0.39, 0.29) is 35.5 Å². The number of benzene rings is 1. The fraction of sp³-hybridized carbons (Fsp3) is 0.385. The van der Waals surface area contributed by atoms with Crippen LogP contribution in [0.15, 0.2) is 28.9 Å². The number of amides is 4. The molecule has 2 aromatic heterocycles. The van der Waals surface area contributed by atoms with Gasteiger partial charge in [0.1, 0.15) is 11.6 Å². The van der Waals surface area contributed by atoms with E-state index < -0.39 is 11.8 Å². The Balaban J connectivity index is 1.59. The predicted octanol–water partition coefficient (Wildman–Crippen LogP) is 6.18. The zero-order valence-corrected chi connectivity index (χ0v) is 22.0. The number of pyridine rings is 1. The van der Waals surface area contributed by atoms with Crippen molar-refractivity contribution in [3.05, 3.63) is 52.6 Å². The number of carbonyl (C=O) groups excluding carboxylic acids is 2. The molecule has 10 nitrogen and oxygen atoms in total. The Morgan fingerprint density at radius 2 is 1.95 bits per heavy atom. The minimum atomic E-state index is -0.705. The van der Waals surface area contributed by atoms with Crippen LogP contribution in [0.25, 0.3) is 0 Å². The van der Waals surface area contributed by atoms with Crippen molar-refractivity contribution in [3.63, 3.8) is 0 Å². The number of urea groups is 2. The SMILES string of the molecule is CNc1ncc2c(c1C(C)C)NC(=O)N(c1cc(NC(=O)Nc3cc(C(C)(C)C)no3)c(F)cc1C)C2. The standard InChI is InChI=1S/C26H32FN7O3/c1-13(2)21-22-15(11-29-23(21)28-7)12-34(25(36)32-22)18-9-17(16(27)8-14(18)3)30-24(35)31-20-10-19(33-37-20)26(4,5)6/h8-11,13H,12H2,1-7H3,(H,28,29)(H,32,36)(H2,30,31,35). The first kappa shape index (κ1) is 25.9. The molecule has 0 saturated carbocycles. The topological polar surface area (TPSA) is 124 Å². The molecule has 0 spiro atoms. The Morgan fingerprint density at radius 3 is 2.57 bits per heavy atom. The Bertz CT molecular complexity index is 1360. The van der Waals surface area contributed by atoms with Crippen molar-refractivity contribution in [1.82, 2.24) is 10.1 Å². The minimum absolute atomic E-state index is 0.0845. The zero-order chi connectivity index (χ0) is 27.1. The van der Waals surface area contributed by atoms with Gasteiger partial charge < -0.3 is 20.5 Å². The molecule has 0 saturated heterocycles. The Morgan fingerprint density at radius 1 is 1.22 bits per heavy atom. The number of fused-ring (bicyclic) bond motifs is 1. The van der Waals surface area contributed by atoms with Crippen molar-refractivity contribution in [2.45, 2.75) is 59.4 Å². The highest BCUT2D eigenvalue weighted by molar-refractivity contribution is 6.06. The summed E-state index contributed by atoms with van der Waals surface area (Å²) in [6, 6.07) is 3.27. The third kappa shape index (κ3) is 5.20. The van der Waals surface area contributed by atoms with E-state index in [0.717, 1.165) is 16.8 Å². The normalized spacial score (nSPS) is 13.3. The largest absolute Gasteiger partial charge is 0.373 e. The van der Waals surface area contributed by atoms with Gasteiger partial charge in [-0.2, -0.15) is 0 Å². The fourth-order valence-corrected chi connectivity index (χ4v) is 4.21. The molecule has 37 heavy (non-hydrogen) atoms. The van der Waals surface area contributed by atoms with E-state index in [0.29, 0.717) is 22.8 Å². The van der Waals surface area contributed by atoms with Gasteiger partial charge in [0.15, 0.2) is 0 Å². The molecule has 0 radical (unpaired) electrons. The van der Waals surface area contributed by atoms with Crippen LogP contribution in [0.3, 0.4) is 0 Å². The van der Waals surface area contributed by atoms with Crippen LogP contribution in [-0.4, -0.2) is 29.3 Å². The van der Waals surface area contributed by atoms with Gasteiger partial charge in [-0.1, -0.05) is 39.8 Å². The Kier molecular flexibility index (Phi) is 6.81. The average Bonchev–Trinajstić information content (AvgIpc) is 3.28. The molecule has 4 rings (SSSR count). The second-order valence-electron chi connectivity index (χ2n) is 10.4. The van der Waals surface area contributed by atoms with Gasteiger partial charge in [-0.05, 0) is 30.5 Å². The number of hydrogen-bond acceptors (Lipinski definition) is 6. The van der Waals surface area contributed by atoms with Gasteiger partial charge >= 0.3 is 12.1 Å². The quantitative estimate of drug-likeness (QED) is 0.326. The number of aryl methyl sites for hydroxylation is 1. The van der Waals surface area contributed by atoms with Gasteiger partial charge in [-0.15, -0.1) is 0 Å². The zero-order valence-electron chi connectivity index (χ0n) is 22.0. The smallest absolute Gasteiger partial charge is 0.326 e. The summed E-state index contributed by atoms with van der Waals surface area (Å²) in [5, 5.41) is 15.0. The van der Waals surface area contributed by atoms with Gasteiger partial charge in [0.05, 0.1) is 29.3 Å². The van der Waals surface area contributed by atoms with E-state index in [1.54, 1.807) is 26.2 Å². The molecule has 11 heteroatoms. The summed E-state index contributed by atoms with van der Waals surface area (Å²) in [7, 11) is 1.79. The maximum atomic E-state index is 14.8. The maximum absolute atomic E-state index is 14.8. The molecular formula is C26H32FN7O3. The van der Waals surface area contributed by atoms with Crippen molar-refractivity contribution in [3.8, 4) is 0 Å². The lowest BCUT2D eigenvalue weighted by molar-refractivity contribution is 0.256. The lowest BCUT2D eigenvalue weighted by Gasteiger charge is -2.33.